The Hall–Kier alpha value is -1.68. The maximum atomic E-state index is 4.56. The number of aromatic nitrogens is 3. The van der Waals surface area contributed by atoms with Gasteiger partial charge in [0.15, 0.2) is 0 Å². The molecule has 17 heavy (non-hydrogen) atoms. The third kappa shape index (κ3) is 2.36. The molecule has 4 heteroatoms. The molecule has 0 saturated carbocycles. The summed E-state index contributed by atoms with van der Waals surface area (Å²) in [6.45, 7) is 2.09. The van der Waals surface area contributed by atoms with E-state index in [-0.39, 0.29) is 0 Å². The van der Waals surface area contributed by atoms with Gasteiger partial charge in [0.1, 0.15) is 5.69 Å². The van der Waals surface area contributed by atoms with Crippen molar-refractivity contribution in [3.63, 3.8) is 0 Å². The van der Waals surface area contributed by atoms with E-state index in [2.05, 4.69) is 15.4 Å². The zero-order valence-corrected chi connectivity index (χ0v) is 9.71. The van der Waals surface area contributed by atoms with Gasteiger partial charge in [0.25, 0.3) is 0 Å². The van der Waals surface area contributed by atoms with Crippen molar-refractivity contribution < 1.29 is 0 Å². The van der Waals surface area contributed by atoms with Gasteiger partial charge in [-0.05, 0) is 37.6 Å². The Morgan fingerprint density at radius 1 is 1.29 bits per heavy atom. The SMILES string of the molecule is c1ccc(-c2ccn(C[C@@H]3CCCN3)n2)nc1. The van der Waals surface area contributed by atoms with Crippen molar-refractivity contribution >= 4 is 0 Å². The topological polar surface area (TPSA) is 42.7 Å². The van der Waals surface area contributed by atoms with Gasteiger partial charge >= 0.3 is 0 Å². The fraction of sp³-hybridized carbons (Fsp3) is 0.385. The van der Waals surface area contributed by atoms with Crippen LogP contribution in [0.3, 0.4) is 0 Å². The minimum absolute atomic E-state index is 0.575. The average molecular weight is 228 g/mol. The normalized spacial score (nSPS) is 19.6. The van der Waals surface area contributed by atoms with Crippen molar-refractivity contribution in [1.29, 1.82) is 0 Å². The molecule has 3 heterocycles. The highest BCUT2D eigenvalue weighted by molar-refractivity contribution is 5.52. The summed E-state index contributed by atoms with van der Waals surface area (Å²) in [7, 11) is 0. The predicted octanol–water partition coefficient (Wildman–Crippen LogP) is 1.70. The van der Waals surface area contributed by atoms with E-state index in [0.29, 0.717) is 6.04 Å². The number of nitrogens with zero attached hydrogens (tertiary/aromatic N) is 3. The van der Waals surface area contributed by atoms with Crippen molar-refractivity contribution in [3.05, 3.63) is 36.7 Å². The maximum Gasteiger partial charge on any atom is 0.111 e. The molecule has 2 aromatic heterocycles. The second-order valence-corrected chi connectivity index (χ2v) is 4.43. The Morgan fingerprint density at radius 2 is 2.29 bits per heavy atom. The lowest BCUT2D eigenvalue weighted by Gasteiger charge is -2.09. The van der Waals surface area contributed by atoms with E-state index in [1.165, 1.54) is 12.8 Å². The first kappa shape index (κ1) is 10.5. The molecule has 1 atom stereocenters. The molecule has 1 aliphatic rings. The summed E-state index contributed by atoms with van der Waals surface area (Å²) < 4.78 is 2.01. The highest BCUT2D eigenvalue weighted by Gasteiger charge is 2.14. The van der Waals surface area contributed by atoms with Gasteiger partial charge < -0.3 is 5.32 Å². The minimum atomic E-state index is 0.575. The molecule has 1 fully saturated rings. The van der Waals surface area contributed by atoms with Crippen LogP contribution < -0.4 is 5.32 Å². The molecule has 88 valence electrons. The number of nitrogens with one attached hydrogen (secondary N) is 1. The van der Waals surface area contributed by atoms with E-state index >= 15 is 0 Å². The van der Waals surface area contributed by atoms with Crippen LogP contribution in [0, 0.1) is 0 Å². The van der Waals surface area contributed by atoms with Crippen LogP contribution in [0.5, 0.6) is 0 Å². The van der Waals surface area contributed by atoms with Gasteiger partial charge in [-0.15, -0.1) is 0 Å². The van der Waals surface area contributed by atoms with E-state index < -0.39 is 0 Å². The number of rotatable bonds is 3. The van der Waals surface area contributed by atoms with Gasteiger partial charge in [-0.3, -0.25) is 9.67 Å². The smallest absolute Gasteiger partial charge is 0.111 e. The molecule has 1 aliphatic heterocycles. The lowest BCUT2D eigenvalue weighted by molar-refractivity contribution is 0.477. The zero-order chi connectivity index (χ0) is 11.5. The molecule has 2 aromatic rings. The summed E-state index contributed by atoms with van der Waals surface area (Å²) in [5, 5.41) is 8.04. The molecule has 0 unspecified atom stereocenters. The van der Waals surface area contributed by atoms with Gasteiger partial charge in [0.05, 0.1) is 12.2 Å². The van der Waals surface area contributed by atoms with Crippen LogP contribution >= 0.6 is 0 Å². The lowest BCUT2D eigenvalue weighted by atomic mass is 10.2. The molecule has 0 aliphatic carbocycles. The molecule has 0 radical (unpaired) electrons. The zero-order valence-electron chi connectivity index (χ0n) is 9.71. The molecule has 1 saturated heterocycles. The van der Waals surface area contributed by atoms with Gasteiger partial charge in [-0.2, -0.15) is 5.10 Å². The summed E-state index contributed by atoms with van der Waals surface area (Å²) in [6.07, 6.45) is 6.36. The summed E-state index contributed by atoms with van der Waals surface area (Å²) in [5.41, 5.74) is 1.88. The van der Waals surface area contributed by atoms with Crippen LogP contribution in [-0.2, 0) is 6.54 Å². The fourth-order valence-corrected chi connectivity index (χ4v) is 2.25. The van der Waals surface area contributed by atoms with Crippen LogP contribution in [0.1, 0.15) is 12.8 Å². The third-order valence-electron chi connectivity index (χ3n) is 3.14. The van der Waals surface area contributed by atoms with Crippen LogP contribution in [0.25, 0.3) is 11.4 Å². The van der Waals surface area contributed by atoms with Crippen LogP contribution in [0.4, 0.5) is 0 Å². The fourth-order valence-electron chi connectivity index (χ4n) is 2.25. The van der Waals surface area contributed by atoms with Crippen molar-refractivity contribution in [2.24, 2.45) is 0 Å². The minimum Gasteiger partial charge on any atom is -0.312 e. The van der Waals surface area contributed by atoms with Crippen molar-refractivity contribution in [1.82, 2.24) is 20.1 Å². The third-order valence-corrected chi connectivity index (χ3v) is 3.14. The summed E-state index contributed by atoms with van der Waals surface area (Å²) in [6, 6.07) is 8.49. The monoisotopic (exact) mass is 228 g/mol. The molecule has 3 rings (SSSR count). The first-order valence-electron chi connectivity index (χ1n) is 6.10. The molecule has 0 bridgehead atoms. The van der Waals surface area contributed by atoms with E-state index in [0.717, 1.165) is 24.5 Å². The number of pyridine rings is 1. The molecular weight excluding hydrogens is 212 g/mol. The van der Waals surface area contributed by atoms with Crippen molar-refractivity contribution in [2.45, 2.75) is 25.4 Å². The first-order chi connectivity index (χ1) is 8.42. The molecule has 0 spiro atoms. The van der Waals surface area contributed by atoms with Crippen LogP contribution in [-0.4, -0.2) is 27.4 Å². The van der Waals surface area contributed by atoms with E-state index in [1.54, 1.807) is 6.20 Å². The Balaban J connectivity index is 1.74. The van der Waals surface area contributed by atoms with Gasteiger partial charge in [0, 0.05) is 18.4 Å². The highest BCUT2D eigenvalue weighted by Crippen LogP contribution is 2.14. The van der Waals surface area contributed by atoms with Crippen molar-refractivity contribution in [2.75, 3.05) is 6.54 Å². The largest absolute Gasteiger partial charge is 0.312 e. The molecular formula is C13H16N4. The molecule has 1 N–H and O–H groups in total. The maximum absolute atomic E-state index is 4.56. The number of hydrogen-bond donors (Lipinski definition) is 1. The second-order valence-electron chi connectivity index (χ2n) is 4.43. The lowest BCUT2D eigenvalue weighted by Crippen LogP contribution is -2.26. The number of hydrogen-bond acceptors (Lipinski definition) is 3. The van der Waals surface area contributed by atoms with Crippen molar-refractivity contribution in [3.8, 4) is 11.4 Å². The highest BCUT2D eigenvalue weighted by atomic mass is 15.3. The second kappa shape index (κ2) is 4.67. The average Bonchev–Trinajstić information content (AvgIpc) is 3.02. The predicted molar refractivity (Wildman–Crippen MR) is 66.5 cm³/mol. The Morgan fingerprint density at radius 3 is 3.06 bits per heavy atom. The summed E-state index contributed by atoms with van der Waals surface area (Å²) >= 11 is 0. The van der Waals surface area contributed by atoms with Crippen LogP contribution in [0.2, 0.25) is 0 Å². The molecule has 4 nitrogen and oxygen atoms in total. The Labute approximate surface area is 101 Å². The summed E-state index contributed by atoms with van der Waals surface area (Å²) in [4.78, 5) is 4.30. The van der Waals surface area contributed by atoms with E-state index in [1.807, 2.05) is 35.1 Å². The van der Waals surface area contributed by atoms with Gasteiger partial charge in [-0.25, -0.2) is 0 Å². The quantitative estimate of drug-likeness (QED) is 0.869. The standard InChI is InChI=1S/C13H16N4/c1-2-7-15-12(5-1)13-6-9-17(16-13)10-11-4-3-8-14-11/h1-2,5-7,9,11,14H,3-4,8,10H2/t11-/m0/s1. The first-order valence-corrected chi connectivity index (χ1v) is 6.10. The molecule has 0 amide bonds. The molecule has 0 aromatic carbocycles. The summed E-state index contributed by atoms with van der Waals surface area (Å²) in [5.74, 6) is 0. The Bertz CT molecular complexity index is 471. The Kier molecular flexibility index (Phi) is 2.88. The van der Waals surface area contributed by atoms with Crippen LogP contribution in [0.15, 0.2) is 36.7 Å². The van der Waals surface area contributed by atoms with E-state index in [4.69, 9.17) is 0 Å². The van der Waals surface area contributed by atoms with E-state index in [9.17, 15) is 0 Å². The van der Waals surface area contributed by atoms with Gasteiger partial charge in [0.2, 0.25) is 0 Å². The van der Waals surface area contributed by atoms with Gasteiger partial charge in [-0.1, -0.05) is 6.07 Å².